The molecule has 2 fully saturated rings. The minimum atomic E-state index is -0.500. The van der Waals surface area contributed by atoms with Crippen molar-refractivity contribution in [2.75, 3.05) is 18.5 Å². The van der Waals surface area contributed by atoms with Gasteiger partial charge in [0.2, 0.25) is 0 Å². The number of anilines is 1. The van der Waals surface area contributed by atoms with Crippen molar-refractivity contribution in [1.82, 2.24) is 9.88 Å². The Bertz CT molecular complexity index is 588. The second kappa shape index (κ2) is 7.32. The van der Waals surface area contributed by atoms with Gasteiger partial charge in [0, 0.05) is 18.3 Å². The summed E-state index contributed by atoms with van der Waals surface area (Å²) in [5.41, 5.74) is 0.736. The fraction of sp³-hybridized carbons (Fsp3) is 0.700. The van der Waals surface area contributed by atoms with Crippen LogP contribution in [0.5, 0.6) is 0 Å². The Morgan fingerprint density at radius 1 is 1.20 bits per heavy atom. The van der Waals surface area contributed by atoms with Crippen molar-refractivity contribution in [3.05, 3.63) is 23.9 Å². The lowest BCUT2D eigenvalue weighted by Crippen LogP contribution is -2.43. The van der Waals surface area contributed by atoms with Gasteiger partial charge in [0.05, 0.1) is 0 Å². The van der Waals surface area contributed by atoms with Crippen LogP contribution in [0, 0.1) is 0 Å². The first kappa shape index (κ1) is 18.2. The standard InChI is InChI=1S/C20H31N3O2/c1-20(2,3)25-19(24)23(16-8-5-6-9-16)18-12-11-15(14-21-18)17-10-7-13-22(17)4/h11-12,14,16-17H,5-10,13H2,1-4H3. The van der Waals surface area contributed by atoms with E-state index in [-0.39, 0.29) is 12.1 Å². The van der Waals surface area contributed by atoms with E-state index in [0.29, 0.717) is 11.9 Å². The van der Waals surface area contributed by atoms with E-state index in [0.717, 1.165) is 32.2 Å². The molecule has 1 aliphatic heterocycles. The van der Waals surface area contributed by atoms with E-state index in [4.69, 9.17) is 4.74 Å². The summed E-state index contributed by atoms with van der Waals surface area (Å²) < 4.78 is 5.65. The van der Waals surface area contributed by atoms with E-state index in [2.05, 4.69) is 23.0 Å². The summed E-state index contributed by atoms with van der Waals surface area (Å²) in [6.07, 6.45) is 8.43. The van der Waals surface area contributed by atoms with Gasteiger partial charge in [-0.25, -0.2) is 9.78 Å². The van der Waals surface area contributed by atoms with Crippen molar-refractivity contribution >= 4 is 11.9 Å². The average molecular weight is 345 g/mol. The van der Waals surface area contributed by atoms with E-state index >= 15 is 0 Å². The number of carbonyl (C=O) groups excluding carboxylic acids is 1. The molecule has 1 saturated carbocycles. The molecule has 0 radical (unpaired) electrons. The zero-order valence-electron chi connectivity index (χ0n) is 16.0. The molecule has 0 N–H and O–H groups in total. The monoisotopic (exact) mass is 345 g/mol. The summed E-state index contributed by atoms with van der Waals surface area (Å²) in [5.74, 6) is 0.713. The third-order valence-corrected chi connectivity index (χ3v) is 5.20. The summed E-state index contributed by atoms with van der Waals surface area (Å²) in [6.45, 7) is 6.86. The van der Waals surface area contributed by atoms with Crippen LogP contribution in [0.4, 0.5) is 10.6 Å². The molecule has 1 aromatic heterocycles. The first-order chi connectivity index (χ1) is 11.8. The maximum absolute atomic E-state index is 12.8. The first-order valence-electron chi connectivity index (χ1n) is 9.53. The van der Waals surface area contributed by atoms with Gasteiger partial charge in [-0.15, -0.1) is 0 Å². The Labute approximate surface area is 151 Å². The largest absolute Gasteiger partial charge is 0.443 e. The SMILES string of the molecule is CN1CCCC1c1ccc(N(C(=O)OC(C)(C)C)C2CCCC2)nc1. The summed E-state index contributed by atoms with van der Waals surface area (Å²) in [6, 6.07) is 4.76. The maximum atomic E-state index is 12.8. The molecule has 5 heteroatoms. The third-order valence-electron chi connectivity index (χ3n) is 5.20. The normalized spacial score (nSPS) is 22.3. The molecule has 3 rings (SSSR count). The molecule has 2 heterocycles. The number of nitrogens with zero attached hydrogens (tertiary/aromatic N) is 3. The van der Waals surface area contributed by atoms with Gasteiger partial charge >= 0.3 is 6.09 Å². The molecule has 1 aliphatic carbocycles. The highest BCUT2D eigenvalue weighted by Gasteiger charge is 2.32. The molecule has 0 spiro atoms. The molecule has 1 atom stereocenters. The maximum Gasteiger partial charge on any atom is 0.416 e. The molecule has 138 valence electrons. The molecular formula is C20H31N3O2. The number of hydrogen-bond donors (Lipinski definition) is 0. The number of carbonyl (C=O) groups is 1. The Kier molecular flexibility index (Phi) is 5.32. The second-order valence-electron chi connectivity index (χ2n) is 8.38. The van der Waals surface area contributed by atoms with E-state index in [1.165, 1.54) is 18.4 Å². The van der Waals surface area contributed by atoms with Crippen LogP contribution in [-0.2, 0) is 4.74 Å². The zero-order chi connectivity index (χ0) is 18.0. The van der Waals surface area contributed by atoms with Crippen molar-refractivity contribution in [2.24, 2.45) is 0 Å². The van der Waals surface area contributed by atoms with Crippen LogP contribution < -0.4 is 4.90 Å². The molecule has 25 heavy (non-hydrogen) atoms. The topological polar surface area (TPSA) is 45.7 Å². The number of aromatic nitrogens is 1. The molecule has 2 aliphatic rings. The van der Waals surface area contributed by atoms with Gasteiger partial charge in [-0.1, -0.05) is 18.9 Å². The van der Waals surface area contributed by atoms with Crippen LogP contribution in [-0.4, -0.2) is 41.2 Å². The summed E-state index contributed by atoms with van der Waals surface area (Å²) in [4.78, 5) is 21.6. The Morgan fingerprint density at radius 3 is 2.44 bits per heavy atom. The number of rotatable bonds is 3. The van der Waals surface area contributed by atoms with Crippen molar-refractivity contribution in [2.45, 2.75) is 77.0 Å². The van der Waals surface area contributed by atoms with E-state index in [1.54, 1.807) is 4.90 Å². The van der Waals surface area contributed by atoms with Gasteiger partial charge < -0.3 is 4.74 Å². The molecule has 1 aromatic rings. The summed E-state index contributed by atoms with van der Waals surface area (Å²) in [5, 5.41) is 0. The van der Waals surface area contributed by atoms with Crippen LogP contribution in [0.1, 0.15) is 70.9 Å². The Hall–Kier alpha value is -1.62. The van der Waals surface area contributed by atoms with Crippen molar-refractivity contribution in [3.8, 4) is 0 Å². The van der Waals surface area contributed by atoms with Crippen LogP contribution >= 0.6 is 0 Å². The highest BCUT2D eigenvalue weighted by atomic mass is 16.6. The number of ether oxygens (including phenoxy) is 1. The fourth-order valence-corrected chi connectivity index (χ4v) is 3.97. The van der Waals surface area contributed by atoms with Crippen molar-refractivity contribution < 1.29 is 9.53 Å². The molecule has 5 nitrogen and oxygen atoms in total. The second-order valence-corrected chi connectivity index (χ2v) is 8.38. The summed E-state index contributed by atoms with van der Waals surface area (Å²) in [7, 11) is 2.16. The van der Waals surface area contributed by atoms with E-state index in [1.807, 2.05) is 33.0 Å². The van der Waals surface area contributed by atoms with Crippen molar-refractivity contribution in [1.29, 1.82) is 0 Å². The van der Waals surface area contributed by atoms with Gasteiger partial charge in [-0.2, -0.15) is 0 Å². The highest BCUT2D eigenvalue weighted by molar-refractivity contribution is 5.87. The van der Waals surface area contributed by atoms with Crippen LogP contribution in [0.15, 0.2) is 18.3 Å². The first-order valence-corrected chi connectivity index (χ1v) is 9.53. The smallest absolute Gasteiger partial charge is 0.416 e. The Morgan fingerprint density at radius 2 is 1.92 bits per heavy atom. The fourth-order valence-electron chi connectivity index (χ4n) is 3.97. The van der Waals surface area contributed by atoms with Gasteiger partial charge in [-0.3, -0.25) is 9.80 Å². The van der Waals surface area contributed by atoms with E-state index < -0.39 is 5.60 Å². The number of amides is 1. The minimum absolute atomic E-state index is 0.197. The third kappa shape index (κ3) is 4.32. The molecule has 1 amide bonds. The quantitative estimate of drug-likeness (QED) is 0.807. The predicted octanol–water partition coefficient (Wildman–Crippen LogP) is 4.53. The van der Waals surface area contributed by atoms with Gasteiger partial charge in [0.25, 0.3) is 0 Å². The lowest BCUT2D eigenvalue weighted by Gasteiger charge is -2.31. The van der Waals surface area contributed by atoms with Gasteiger partial charge in [0.1, 0.15) is 11.4 Å². The van der Waals surface area contributed by atoms with Crippen molar-refractivity contribution in [3.63, 3.8) is 0 Å². The minimum Gasteiger partial charge on any atom is -0.443 e. The Balaban J connectivity index is 1.81. The molecule has 0 aromatic carbocycles. The predicted molar refractivity (Wildman–Crippen MR) is 99.8 cm³/mol. The number of hydrogen-bond acceptors (Lipinski definition) is 4. The summed E-state index contributed by atoms with van der Waals surface area (Å²) >= 11 is 0. The molecule has 1 saturated heterocycles. The van der Waals surface area contributed by atoms with Crippen LogP contribution in [0.25, 0.3) is 0 Å². The average Bonchev–Trinajstić information content (AvgIpc) is 3.18. The van der Waals surface area contributed by atoms with Crippen LogP contribution in [0.2, 0.25) is 0 Å². The highest BCUT2D eigenvalue weighted by Crippen LogP contribution is 2.32. The van der Waals surface area contributed by atoms with Gasteiger partial charge in [-0.05, 0) is 71.7 Å². The lowest BCUT2D eigenvalue weighted by molar-refractivity contribution is 0.0564. The zero-order valence-corrected chi connectivity index (χ0v) is 16.0. The lowest BCUT2D eigenvalue weighted by atomic mass is 10.1. The number of likely N-dealkylation sites (tertiary alicyclic amines) is 1. The molecule has 0 bridgehead atoms. The molecule has 1 unspecified atom stereocenters. The molecular weight excluding hydrogens is 314 g/mol. The van der Waals surface area contributed by atoms with E-state index in [9.17, 15) is 4.79 Å². The van der Waals surface area contributed by atoms with Crippen LogP contribution in [0.3, 0.4) is 0 Å². The van der Waals surface area contributed by atoms with Gasteiger partial charge in [0.15, 0.2) is 0 Å². The number of pyridine rings is 1.